The molecule has 0 bridgehead atoms. The van der Waals surface area contributed by atoms with E-state index in [-0.39, 0.29) is 6.61 Å². The Morgan fingerprint density at radius 1 is 1.38 bits per heavy atom. The van der Waals surface area contributed by atoms with Gasteiger partial charge in [0.2, 0.25) is 11.8 Å². The second-order valence-corrected chi connectivity index (χ2v) is 3.85. The number of nitrogens with zero attached hydrogens (tertiary/aromatic N) is 2. The van der Waals surface area contributed by atoms with Crippen molar-refractivity contribution in [3.63, 3.8) is 0 Å². The van der Waals surface area contributed by atoms with Gasteiger partial charge >= 0.3 is 0 Å². The van der Waals surface area contributed by atoms with Crippen molar-refractivity contribution in [1.82, 2.24) is 10.2 Å². The Labute approximate surface area is 97.9 Å². The summed E-state index contributed by atoms with van der Waals surface area (Å²) < 4.78 is 5.36. The lowest BCUT2D eigenvalue weighted by molar-refractivity contribution is 0.285. The van der Waals surface area contributed by atoms with E-state index in [2.05, 4.69) is 10.2 Å². The van der Waals surface area contributed by atoms with Crippen molar-refractivity contribution in [1.29, 1.82) is 0 Å². The molecule has 0 spiro atoms. The molecule has 1 aromatic carbocycles. The Balaban J connectivity index is 2.31. The van der Waals surface area contributed by atoms with E-state index < -0.39 is 0 Å². The fourth-order valence-electron chi connectivity index (χ4n) is 1.29. The molecule has 0 aliphatic carbocycles. The highest BCUT2D eigenvalue weighted by Gasteiger charge is 2.09. The van der Waals surface area contributed by atoms with Gasteiger partial charge in [0.15, 0.2) is 0 Å². The van der Waals surface area contributed by atoms with Crippen LogP contribution in [0.1, 0.15) is 11.5 Å². The summed E-state index contributed by atoms with van der Waals surface area (Å²) in [6.07, 6.45) is 0.368. The van der Waals surface area contributed by atoms with Crippen molar-refractivity contribution in [2.45, 2.75) is 13.3 Å². The molecule has 0 saturated heterocycles. The van der Waals surface area contributed by atoms with E-state index >= 15 is 0 Å². The van der Waals surface area contributed by atoms with Crippen molar-refractivity contribution in [2.24, 2.45) is 0 Å². The Morgan fingerprint density at radius 2 is 2.19 bits per heavy atom. The Morgan fingerprint density at radius 3 is 2.88 bits per heavy atom. The van der Waals surface area contributed by atoms with E-state index in [0.717, 1.165) is 11.1 Å². The first-order chi connectivity index (χ1) is 7.70. The topological polar surface area (TPSA) is 59.2 Å². The maximum atomic E-state index is 8.73. The van der Waals surface area contributed by atoms with Gasteiger partial charge < -0.3 is 9.52 Å². The molecule has 2 aromatic rings. The molecule has 0 aliphatic rings. The minimum Gasteiger partial charge on any atom is -0.421 e. The third-order valence-corrected chi connectivity index (χ3v) is 2.62. The van der Waals surface area contributed by atoms with Gasteiger partial charge in [-0.25, -0.2) is 0 Å². The predicted molar refractivity (Wildman–Crippen MR) is 60.3 cm³/mol. The summed E-state index contributed by atoms with van der Waals surface area (Å²) in [6.45, 7) is 1.92. The summed E-state index contributed by atoms with van der Waals surface area (Å²) in [5.74, 6) is 0.847. The zero-order valence-electron chi connectivity index (χ0n) is 8.77. The quantitative estimate of drug-likeness (QED) is 0.891. The molecule has 0 aliphatic heterocycles. The van der Waals surface area contributed by atoms with E-state index in [4.69, 9.17) is 21.1 Å². The number of aliphatic hydroxyl groups is 1. The molecule has 84 valence electrons. The maximum Gasteiger partial charge on any atom is 0.247 e. The van der Waals surface area contributed by atoms with Gasteiger partial charge in [0.1, 0.15) is 0 Å². The standard InChI is InChI=1S/C11H11ClN2O2/c1-7-2-3-8(6-9(7)12)11-14-13-10(16-11)4-5-15/h2-3,6,15H,4-5H2,1H3. The zero-order chi connectivity index (χ0) is 11.5. The van der Waals surface area contributed by atoms with Crippen LogP contribution in [-0.4, -0.2) is 21.9 Å². The van der Waals surface area contributed by atoms with Crippen LogP contribution in [0.4, 0.5) is 0 Å². The number of halogens is 1. The monoisotopic (exact) mass is 238 g/mol. The van der Waals surface area contributed by atoms with Gasteiger partial charge in [-0.15, -0.1) is 10.2 Å². The highest BCUT2D eigenvalue weighted by Crippen LogP contribution is 2.24. The van der Waals surface area contributed by atoms with Crippen LogP contribution in [0.3, 0.4) is 0 Å². The molecule has 1 heterocycles. The Kier molecular flexibility index (Phi) is 3.22. The fraction of sp³-hybridized carbons (Fsp3) is 0.273. The van der Waals surface area contributed by atoms with Gasteiger partial charge in [0.05, 0.1) is 6.61 Å². The van der Waals surface area contributed by atoms with Crippen LogP contribution in [-0.2, 0) is 6.42 Å². The van der Waals surface area contributed by atoms with E-state index in [1.54, 1.807) is 6.07 Å². The predicted octanol–water partition coefficient (Wildman–Crippen LogP) is 2.23. The van der Waals surface area contributed by atoms with E-state index in [9.17, 15) is 0 Å². The van der Waals surface area contributed by atoms with Crippen LogP contribution in [0.25, 0.3) is 11.5 Å². The Hall–Kier alpha value is -1.39. The molecule has 0 radical (unpaired) electrons. The summed E-state index contributed by atoms with van der Waals surface area (Å²) in [5.41, 5.74) is 1.79. The molecule has 2 rings (SSSR count). The highest BCUT2D eigenvalue weighted by molar-refractivity contribution is 6.31. The van der Waals surface area contributed by atoms with Crippen molar-refractivity contribution in [2.75, 3.05) is 6.61 Å². The van der Waals surface area contributed by atoms with Crippen molar-refractivity contribution < 1.29 is 9.52 Å². The number of aromatic nitrogens is 2. The first-order valence-corrected chi connectivity index (χ1v) is 5.28. The van der Waals surface area contributed by atoms with Crippen LogP contribution in [0.5, 0.6) is 0 Å². The van der Waals surface area contributed by atoms with E-state index in [1.807, 2.05) is 19.1 Å². The van der Waals surface area contributed by atoms with Crippen LogP contribution in [0.2, 0.25) is 5.02 Å². The molecule has 1 N–H and O–H groups in total. The van der Waals surface area contributed by atoms with Crippen molar-refractivity contribution >= 4 is 11.6 Å². The second kappa shape index (κ2) is 4.63. The first kappa shape index (κ1) is 11.1. The number of aliphatic hydroxyl groups excluding tert-OH is 1. The minimum absolute atomic E-state index is 0.00368. The molecule has 5 heteroatoms. The average Bonchev–Trinajstić information content (AvgIpc) is 2.71. The lowest BCUT2D eigenvalue weighted by atomic mass is 10.1. The second-order valence-electron chi connectivity index (χ2n) is 3.44. The van der Waals surface area contributed by atoms with Gasteiger partial charge in [0, 0.05) is 17.0 Å². The number of aryl methyl sites for hydroxylation is 1. The third-order valence-electron chi connectivity index (χ3n) is 2.21. The third kappa shape index (κ3) is 2.23. The van der Waals surface area contributed by atoms with Crippen molar-refractivity contribution in [3.05, 3.63) is 34.7 Å². The molecule has 0 fully saturated rings. The number of hydrogen-bond donors (Lipinski definition) is 1. The fourth-order valence-corrected chi connectivity index (χ4v) is 1.47. The molecule has 1 aromatic heterocycles. The molecule has 0 saturated carbocycles. The molecule has 0 atom stereocenters. The van der Waals surface area contributed by atoms with Crippen LogP contribution >= 0.6 is 11.6 Å². The molecular formula is C11H11ClN2O2. The minimum atomic E-state index is -0.00368. The zero-order valence-corrected chi connectivity index (χ0v) is 9.53. The van der Waals surface area contributed by atoms with Crippen LogP contribution < -0.4 is 0 Å². The Bertz CT molecular complexity index is 496. The van der Waals surface area contributed by atoms with Gasteiger partial charge in [-0.2, -0.15) is 0 Å². The summed E-state index contributed by atoms with van der Waals surface area (Å²) in [5, 5.41) is 17.1. The first-order valence-electron chi connectivity index (χ1n) is 4.90. The van der Waals surface area contributed by atoms with Gasteiger partial charge in [-0.1, -0.05) is 17.7 Å². The number of rotatable bonds is 3. The van der Waals surface area contributed by atoms with Crippen LogP contribution in [0.15, 0.2) is 22.6 Å². The van der Waals surface area contributed by atoms with E-state index in [1.165, 1.54) is 0 Å². The SMILES string of the molecule is Cc1ccc(-c2nnc(CCO)o2)cc1Cl. The largest absolute Gasteiger partial charge is 0.421 e. The molecule has 0 amide bonds. The highest BCUT2D eigenvalue weighted by atomic mass is 35.5. The average molecular weight is 239 g/mol. The molecular weight excluding hydrogens is 228 g/mol. The van der Waals surface area contributed by atoms with E-state index in [0.29, 0.717) is 23.2 Å². The smallest absolute Gasteiger partial charge is 0.247 e. The lowest BCUT2D eigenvalue weighted by Crippen LogP contribution is -1.89. The van der Waals surface area contributed by atoms with Crippen LogP contribution in [0, 0.1) is 6.92 Å². The number of benzene rings is 1. The lowest BCUT2D eigenvalue weighted by Gasteiger charge is -1.99. The molecule has 0 unspecified atom stereocenters. The molecule has 16 heavy (non-hydrogen) atoms. The summed E-state index contributed by atoms with van der Waals surface area (Å²) in [7, 11) is 0. The summed E-state index contributed by atoms with van der Waals surface area (Å²) >= 11 is 6.00. The summed E-state index contributed by atoms with van der Waals surface area (Å²) in [6, 6.07) is 5.55. The summed E-state index contributed by atoms with van der Waals surface area (Å²) in [4.78, 5) is 0. The maximum absolute atomic E-state index is 8.73. The molecule has 4 nitrogen and oxygen atoms in total. The van der Waals surface area contributed by atoms with Gasteiger partial charge in [-0.3, -0.25) is 0 Å². The van der Waals surface area contributed by atoms with Crippen molar-refractivity contribution in [3.8, 4) is 11.5 Å². The normalized spacial score (nSPS) is 10.7. The van der Waals surface area contributed by atoms with Gasteiger partial charge in [0.25, 0.3) is 0 Å². The number of hydrogen-bond acceptors (Lipinski definition) is 4. The van der Waals surface area contributed by atoms with Gasteiger partial charge in [-0.05, 0) is 24.6 Å².